The Labute approximate surface area is 110 Å². The van der Waals surface area contributed by atoms with Gasteiger partial charge in [0, 0.05) is 12.6 Å². The van der Waals surface area contributed by atoms with Crippen LogP contribution >= 0.6 is 0 Å². The second-order valence-corrected chi connectivity index (χ2v) is 6.73. The van der Waals surface area contributed by atoms with Crippen LogP contribution < -0.4 is 5.32 Å². The monoisotopic (exact) mass is 273 g/mol. The quantitative estimate of drug-likeness (QED) is 0.786. The van der Waals surface area contributed by atoms with E-state index in [1.54, 1.807) is 11.2 Å². The third-order valence-electron chi connectivity index (χ3n) is 3.36. The highest BCUT2D eigenvalue weighted by molar-refractivity contribution is 7.90. The normalized spacial score (nSPS) is 19.7. The summed E-state index contributed by atoms with van der Waals surface area (Å²) in [6, 6.07) is 1.98. The minimum atomic E-state index is -3.48. The summed E-state index contributed by atoms with van der Waals surface area (Å²) in [6.45, 7) is 5.94. The minimum Gasteiger partial charge on any atom is -0.317 e. The minimum absolute atomic E-state index is 0.0543. The number of hydrogen-bond acceptors (Lipinski definition) is 4. The van der Waals surface area contributed by atoms with E-state index in [1.807, 2.05) is 13.0 Å². The Balaban J connectivity index is 2.92. The molecule has 1 saturated heterocycles. The van der Waals surface area contributed by atoms with E-state index in [9.17, 15) is 8.42 Å². The molecule has 1 N–H and O–H groups in total. The van der Waals surface area contributed by atoms with Gasteiger partial charge in [0.15, 0.2) is 5.25 Å². The molecule has 0 aromatic rings. The number of nitriles is 1. The summed E-state index contributed by atoms with van der Waals surface area (Å²) in [4.78, 5) is 0. The maximum Gasteiger partial charge on any atom is 0.230 e. The number of rotatable bonds is 6. The third kappa shape index (κ3) is 3.44. The van der Waals surface area contributed by atoms with Gasteiger partial charge in [-0.15, -0.1) is 0 Å². The summed E-state index contributed by atoms with van der Waals surface area (Å²) in [7, 11) is -3.48. The lowest BCUT2D eigenvalue weighted by Gasteiger charge is -2.34. The summed E-state index contributed by atoms with van der Waals surface area (Å²) in [5, 5.41) is 11.3. The van der Waals surface area contributed by atoms with Crippen molar-refractivity contribution in [1.82, 2.24) is 9.62 Å². The second kappa shape index (κ2) is 7.07. The first-order valence-electron chi connectivity index (χ1n) is 6.68. The van der Waals surface area contributed by atoms with Crippen LogP contribution in [0.1, 0.15) is 39.5 Å². The summed E-state index contributed by atoms with van der Waals surface area (Å²) in [6.07, 6.45) is 2.80. The van der Waals surface area contributed by atoms with Crippen molar-refractivity contribution in [2.45, 2.75) is 50.8 Å². The lowest BCUT2D eigenvalue weighted by Crippen LogP contribution is -2.49. The van der Waals surface area contributed by atoms with Crippen molar-refractivity contribution in [1.29, 1.82) is 5.26 Å². The van der Waals surface area contributed by atoms with E-state index in [1.165, 1.54) is 0 Å². The topological polar surface area (TPSA) is 73.2 Å². The molecule has 0 aliphatic carbocycles. The average molecular weight is 273 g/mol. The smallest absolute Gasteiger partial charge is 0.230 e. The SMILES string of the molecule is CCCN(C1CCNCC1)S(=O)(=O)C(C#N)CC. The number of hydrogen-bond donors (Lipinski definition) is 1. The highest BCUT2D eigenvalue weighted by Gasteiger charge is 2.35. The van der Waals surface area contributed by atoms with Gasteiger partial charge >= 0.3 is 0 Å². The van der Waals surface area contributed by atoms with Crippen LogP contribution in [0.25, 0.3) is 0 Å². The summed E-state index contributed by atoms with van der Waals surface area (Å²) < 4.78 is 26.5. The number of nitrogens with one attached hydrogen (secondary N) is 1. The summed E-state index contributed by atoms with van der Waals surface area (Å²) in [5.74, 6) is 0. The molecule has 0 aromatic heterocycles. The fraction of sp³-hybridized carbons (Fsp3) is 0.917. The molecule has 104 valence electrons. The van der Waals surface area contributed by atoms with Crippen molar-refractivity contribution in [2.24, 2.45) is 0 Å². The third-order valence-corrected chi connectivity index (χ3v) is 5.65. The number of nitrogens with zero attached hydrogens (tertiary/aromatic N) is 2. The van der Waals surface area contributed by atoms with Gasteiger partial charge in [-0.25, -0.2) is 8.42 Å². The van der Waals surface area contributed by atoms with Crippen LogP contribution in [0.5, 0.6) is 0 Å². The summed E-state index contributed by atoms with van der Waals surface area (Å²) in [5.41, 5.74) is 0. The highest BCUT2D eigenvalue weighted by atomic mass is 32.2. The Bertz CT molecular complexity index is 383. The van der Waals surface area contributed by atoms with Crippen LogP contribution in [0, 0.1) is 11.3 Å². The Morgan fingerprint density at radius 1 is 1.39 bits per heavy atom. The first kappa shape index (κ1) is 15.4. The molecule has 1 fully saturated rings. The average Bonchev–Trinajstić information content (AvgIpc) is 2.38. The van der Waals surface area contributed by atoms with Crippen LogP contribution in [-0.2, 0) is 10.0 Å². The Morgan fingerprint density at radius 3 is 2.44 bits per heavy atom. The van der Waals surface area contributed by atoms with Crippen LogP contribution in [0.3, 0.4) is 0 Å². The van der Waals surface area contributed by atoms with Crippen LogP contribution in [0.4, 0.5) is 0 Å². The van der Waals surface area contributed by atoms with Gasteiger partial charge in [-0.1, -0.05) is 13.8 Å². The molecule has 5 nitrogen and oxygen atoms in total. The van der Waals surface area contributed by atoms with Crippen molar-refractivity contribution in [2.75, 3.05) is 19.6 Å². The number of sulfonamides is 1. The molecule has 1 heterocycles. The van der Waals surface area contributed by atoms with Gasteiger partial charge in [0.2, 0.25) is 10.0 Å². The van der Waals surface area contributed by atoms with Gasteiger partial charge in [-0.2, -0.15) is 9.57 Å². The molecule has 0 aromatic carbocycles. The predicted molar refractivity (Wildman–Crippen MR) is 71.5 cm³/mol. The Morgan fingerprint density at radius 2 is 2.00 bits per heavy atom. The van der Waals surface area contributed by atoms with E-state index < -0.39 is 15.3 Å². The van der Waals surface area contributed by atoms with E-state index >= 15 is 0 Å². The molecule has 0 amide bonds. The molecule has 0 radical (unpaired) electrons. The van der Waals surface area contributed by atoms with Crippen molar-refractivity contribution in [3.05, 3.63) is 0 Å². The Kier molecular flexibility index (Phi) is 6.06. The van der Waals surface area contributed by atoms with Gasteiger partial charge in [0.1, 0.15) is 0 Å². The van der Waals surface area contributed by atoms with Gasteiger partial charge in [-0.3, -0.25) is 0 Å². The molecule has 1 unspecified atom stereocenters. The lowest BCUT2D eigenvalue weighted by molar-refractivity contribution is 0.261. The van der Waals surface area contributed by atoms with Crippen LogP contribution in [-0.4, -0.2) is 43.6 Å². The lowest BCUT2D eigenvalue weighted by atomic mass is 10.1. The van der Waals surface area contributed by atoms with Gasteiger partial charge < -0.3 is 5.32 Å². The fourth-order valence-electron chi connectivity index (χ4n) is 2.36. The van der Waals surface area contributed by atoms with Crippen molar-refractivity contribution in [3.63, 3.8) is 0 Å². The molecule has 1 aliphatic heterocycles. The zero-order chi connectivity index (χ0) is 13.6. The molecule has 0 saturated carbocycles. The van der Waals surface area contributed by atoms with E-state index in [2.05, 4.69) is 5.32 Å². The molecular weight excluding hydrogens is 250 g/mol. The van der Waals surface area contributed by atoms with E-state index in [0.717, 1.165) is 32.4 Å². The maximum atomic E-state index is 12.5. The predicted octanol–water partition coefficient (Wildman–Crippen LogP) is 1.08. The summed E-state index contributed by atoms with van der Waals surface area (Å²) >= 11 is 0. The first-order valence-corrected chi connectivity index (χ1v) is 8.19. The van der Waals surface area contributed by atoms with Crippen LogP contribution in [0.2, 0.25) is 0 Å². The largest absolute Gasteiger partial charge is 0.317 e. The molecule has 0 spiro atoms. The standard InChI is InChI=1S/C12H23N3O2S/c1-3-9-15(11-5-7-14-8-6-11)18(16,17)12(4-2)10-13/h11-12,14H,3-9H2,1-2H3. The van der Waals surface area contributed by atoms with Gasteiger partial charge in [-0.05, 0) is 38.8 Å². The van der Waals surface area contributed by atoms with E-state index in [-0.39, 0.29) is 6.04 Å². The second-order valence-electron chi connectivity index (χ2n) is 4.66. The zero-order valence-electron chi connectivity index (χ0n) is 11.2. The first-order chi connectivity index (χ1) is 8.57. The molecule has 1 aliphatic rings. The van der Waals surface area contributed by atoms with Crippen LogP contribution in [0.15, 0.2) is 0 Å². The molecule has 0 bridgehead atoms. The van der Waals surface area contributed by atoms with E-state index in [0.29, 0.717) is 13.0 Å². The fourth-order valence-corrected chi connectivity index (χ4v) is 4.31. The molecule has 6 heteroatoms. The highest BCUT2D eigenvalue weighted by Crippen LogP contribution is 2.21. The van der Waals surface area contributed by atoms with Crippen molar-refractivity contribution < 1.29 is 8.42 Å². The molecule has 18 heavy (non-hydrogen) atoms. The molecular formula is C12H23N3O2S. The zero-order valence-corrected chi connectivity index (χ0v) is 12.0. The molecule has 1 rings (SSSR count). The van der Waals surface area contributed by atoms with E-state index in [4.69, 9.17) is 5.26 Å². The number of piperidine rings is 1. The maximum absolute atomic E-state index is 12.5. The Hall–Kier alpha value is -0.640. The molecule has 1 atom stereocenters. The van der Waals surface area contributed by atoms with Gasteiger partial charge in [0.25, 0.3) is 0 Å². The van der Waals surface area contributed by atoms with Crippen molar-refractivity contribution in [3.8, 4) is 6.07 Å². The van der Waals surface area contributed by atoms with Gasteiger partial charge in [0.05, 0.1) is 6.07 Å². The van der Waals surface area contributed by atoms with Crippen molar-refractivity contribution >= 4 is 10.0 Å².